The highest BCUT2D eigenvalue weighted by atomic mass is 15.5. The summed E-state index contributed by atoms with van der Waals surface area (Å²) in [4.78, 5) is 4.73. The maximum atomic E-state index is 4.75. The van der Waals surface area contributed by atoms with Crippen LogP contribution in [0.5, 0.6) is 0 Å². The quantitative estimate of drug-likeness (QED) is 0.451. The van der Waals surface area contributed by atoms with Crippen molar-refractivity contribution in [2.45, 2.75) is 19.9 Å². The van der Waals surface area contributed by atoms with Crippen LogP contribution < -0.4 is 0 Å². The SMILES string of the molecule is CCc1nc(-c2ccccc2)nn1Cc1ccc(-c2ccccc2-c2nnn[nH]2)cc1. The maximum absolute atomic E-state index is 4.75. The van der Waals surface area contributed by atoms with Crippen LogP contribution in [0.1, 0.15) is 18.3 Å². The summed E-state index contributed by atoms with van der Waals surface area (Å²) in [6, 6.07) is 26.7. The molecule has 0 fully saturated rings. The fourth-order valence-electron chi connectivity index (χ4n) is 3.65. The van der Waals surface area contributed by atoms with Crippen LogP contribution >= 0.6 is 0 Å². The minimum absolute atomic E-state index is 0.656. The monoisotopic (exact) mass is 407 g/mol. The van der Waals surface area contributed by atoms with Crippen LogP contribution in [0.3, 0.4) is 0 Å². The average Bonchev–Trinajstić information content (AvgIpc) is 3.51. The molecule has 5 aromatic rings. The number of nitrogens with zero attached hydrogens (tertiary/aromatic N) is 6. The van der Waals surface area contributed by atoms with E-state index in [1.54, 1.807) is 0 Å². The van der Waals surface area contributed by atoms with Crippen molar-refractivity contribution in [3.63, 3.8) is 0 Å². The first-order chi connectivity index (χ1) is 15.3. The van der Waals surface area contributed by atoms with E-state index >= 15 is 0 Å². The van der Waals surface area contributed by atoms with Crippen molar-refractivity contribution in [3.05, 3.63) is 90.3 Å². The van der Waals surface area contributed by atoms with Crippen LogP contribution in [0, 0.1) is 0 Å². The molecule has 2 heterocycles. The summed E-state index contributed by atoms with van der Waals surface area (Å²) in [5, 5.41) is 19.1. The first-order valence-corrected chi connectivity index (χ1v) is 10.2. The molecular weight excluding hydrogens is 386 g/mol. The molecule has 0 aliphatic rings. The molecule has 3 aromatic carbocycles. The molecule has 152 valence electrons. The van der Waals surface area contributed by atoms with Crippen molar-refractivity contribution in [1.29, 1.82) is 0 Å². The first kappa shape index (κ1) is 18.9. The minimum Gasteiger partial charge on any atom is -0.245 e. The molecule has 5 rings (SSSR count). The Morgan fingerprint density at radius 1 is 0.806 bits per heavy atom. The number of rotatable bonds is 6. The topological polar surface area (TPSA) is 85.2 Å². The molecular formula is C24H21N7. The molecule has 0 spiro atoms. The van der Waals surface area contributed by atoms with Gasteiger partial charge in [-0.15, -0.1) is 5.10 Å². The van der Waals surface area contributed by atoms with Crippen LogP contribution in [-0.4, -0.2) is 35.4 Å². The van der Waals surface area contributed by atoms with Crippen molar-refractivity contribution in [2.75, 3.05) is 0 Å². The van der Waals surface area contributed by atoms with Gasteiger partial charge in [-0.2, -0.15) is 5.10 Å². The van der Waals surface area contributed by atoms with E-state index in [1.807, 2.05) is 53.2 Å². The van der Waals surface area contributed by atoms with Gasteiger partial charge in [0.1, 0.15) is 5.82 Å². The molecule has 1 N–H and O–H groups in total. The molecule has 7 nitrogen and oxygen atoms in total. The van der Waals surface area contributed by atoms with Crippen molar-refractivity contribution >= 4 is 0 Å². The number of aromatic nitrogens is 7. The van der Waals surface area contributed by atoms with E-state index in [1.165, 1.54) is 5.56 Å². The number of hydrogen-bond donors (Lipinski definition) is 1. The Kier molecular flexibility index (Phi) is 5.06. The van der Waals surface area contributed by atoms with Gasteiger partial charge in [0.15, 0.2) is 11.6 Å². The number of aromatic amines is 1. The number of aryl methyl sites for hydroxylation is 1. The van der Waals surface area contributed by atoms with Gasteiger partial charge in [-0.3, -0.25) is 0 Å². The third-order valence-corrected chi connectivity index (χ3v) is 5.22. The lowest BCUT2D eigenvalue weighted by molar-refractivity contribution is 0.644. The lowest BCUT2D eigenvalue weighted by Gasteiger charge is -2.09. The second kappa shape index (κ2) is 8.31. The summed E-state index contributed by atoms with van der Waals surface area (Å²) in [5.74, 6) is 2.40. The largest absolute Gasteiger partial charge is 0.245 e. The fraction of sp³-hybridized carbons (Fsp3) is 0.125. The lowest BCUT2D eigenvalue weighted by Crippen LogP contribution is -2.06. The first-order valence-electron chi connectivity index (χ1n) is 10.2. The molecule has 0 unspecified atom stereocenters. The summed E-state index contributed by atoms with van der Waals surface area (Å²) < 4.78 is 1.99. The van der Waals surface area contributed by atoms with Crippen LogP contribution in [0.2, 0.25) is 0 Å². The number of hydrogen-bond acceptors (Lipinski definition) is 5. The van der Waals surface area contributed by atoms with E-state index in [0.717, 1.165) is 40.3 Å². The van der Waals surface area contributed by atoms with E-state index in [-0.39, 0.29) is 0 Å². The summed E-state index contributed by atoms with van der Waals surface area (Å²) in [6.45, 7) is 2.78. The smallest absolute Gasteiger partial charge is 0.181 e. The second-order valence-corrected chi connectivity index (χ2v) is 7.22. The van der Waals surface area contributed by atoms with E-state index in [2.05, 4.69) is 57.9 Å². The maximum Gasteiger partial charge on any atom is 0.181 e. The minimum atomic E-state index is 0.656. The molecule has 2 aromatic heterocycles. The molecule has 0 aliphatic carbocycles. The normalized spacial score (nSPS) is 11.0. The highest BCUT2D eigenvalue weighted by Crippen LogP contribution is 2.29. The zero-order valence-corrected chi connectivity index (χ0v) is 17.1. The van der Waals surface area contributed by atoms with Crippen LogP contribution in [0.4, 0.5) is 0 Å². The summed E-state index contributed by atoms with van der Waals surface area (Å²) in [7, 11) is 0. The van der Waals surface area contributed by atoms with Gasteiger partial charge in [-0.1, -0.05) is 85.8 Å². The Labute approximate surface area is 179 Å². The average molecular weight is 407 g/mol. The van der Waals surface area contributed by atoms with Gasteiger partial charge >= 0.3 is 0 Å². The van der Waals surface area contributed by atoms with Crippen molar-refractivity contribution < 1.29 is 0 Å². The molecule has 7 heteroatoms. The molecule has 0 saturated heterocycles. The van der Waals surface area contributed by atoms with Gasteiger partial charge in [0.2, 0.25) is 0 Å². The standard InChI is InChI=1S/C24H21N7/c1-2-22-25-23(19-8-4-3-5-9-19)28-31(22)16-17-12-14-18(15-13-17)20-10-6-7-11-21(20)24-26-29-30-27-24/h3-15H,2,16H2,1H3,(H,26,27,29,30). The van der Waals surface area contributed by atoms with Gasteiger partial charge in [0, 0.05) is 17.5 Å². The number of nitrogens with one attached hydrogen (secondary N) is 1. The molecule has 0 bridgehead atoms. The Bertz CT molecular complexity index is 1270. The van der Waals surface area contributed by atoms with E-state index < -0.39 is 0 Å². The molecule has 0 radical (unpaired) electrons. The van der Waals surface area contributed by atoms with Crippen molar-refractivity contribution in [2.24, 2.45) is 0 Å². The summed E-state index contributed by atoms with van der Waals surface area (Å²) >= 11 is 0. The number of benzene rings is 3. The van der Waals surface area contributed by atoms with Crippen molar-refractivity contribution in [3.8, 4) is 33.9 Å². The summed E-state index contributed by atoms with van der Waals surface area (Å²) in [6.07, 6.45) is 0.830. The van der Waals surface area contributed by atoms with Gasteiger partial charge in [0.05, 0.1) is 6.54 Å². The zero-order valence-electron chi connectivity index (χ0n) is 17.1. The van der Waals surface area contributed by atoms with Crippen LogP contribution in [0.25, 0.3) is 33.9 Å². The number of tetrazole rings is 1. The highest BCUT2D eigenvalue weighted by Gasteiger charge is 2.12. The third-order valence-electron chi connectivity index (χ3n) is 5.22. The molecule has 0 aliphatic heterocycles. The predicted octanol–water partition coefficient (Wildman–Crippen LogP) is 4.40. The third kappa shape index (κ3) is 3.85. The summed E-state index contributed by atoms with van der Waals surface area (Å²) in [5.41, 5.74) is 5.35. The van der Waals surface area contributed by atoms with Gasteiger partial charge in [-0.25, -0.2) is 14.8 Å². The number of H-pyrrole nitrogens is 1. The Hall–Kier alpha value is -4.13. The Morgan fingerprint density at radius 2 is 1.55 bits per heavy atom. The zero-order chi connectivity index (χ0) is 21.0. The van der Waals surface area contributed by atoms with Gasteiger partial charge in [0.25, 0.3) is 0 Å². The highest BCUT2D eigenvalue weighted by molar-refractivity contribution is 5.80. The molecule has 0 atom stereocenters. The van der Waals surface area contributed by atoms with Gasteiger partial charge < -0.3 is 0 Å². The van der Waals surface area contributed by atoms with E-state index in [9.17, 15) is 0 Å². The Balaban J connectivity index is 1.42. The van der Waals surface area contributed by atoms with E-state index in [0.29, 0.717) is 12.4 Å². The second-order valence-electron chi connectivity index (χ2n) is 7.22. The van der Waals surface area contributed by atoms with Crippen molar-refractivity contribution in [1.82, 2.24) is 35.4 Å². The van der Waals surface area contributed by atoms with E-state index in [4.69, 9.17) is 10.1 Å². The molecule has 0 amide bonds. The lowest BCUT2D eigenvalue weighted by atomic mass is 9.98. The van der Waals surface area contributed by atoms with Gasteiger partial charge in [-0.05, 0) is 27.1 Å². The fourth-order valence-corrected chi connectivity index (χ4v) is 3.65. The predicted molar refractivity (Wildman–Crippen MR) is 119 cm³/mol. The van der Waals surface area contributed by atoms with Crippen LogP contribution in [-0.2, 0) is 13.0 Å². The molecule has 0 saturated carbocycles. The molecule has 31 heavy (non-hydrogen) atoms. The Morgan fingerprint density at radius 3 is 2.26 bits per heavy atom. The van der Waals surface area contributed by atoms with Crippen LogP contribution in [0.15, 0.2) is 78.9 Å².